The maximum absolute atomic E-state index is 12.8. The highest BCUT2D eigenvalue weighted by atomic mass is 35.5. The molecule has 4 heteroatoms. The van der Waals surface area contributed by atoms with Gasteiger partial charge in [-0.15, -0.1) is 0 Å². The van der Waals surface area contributed by atoms with Gasteiger partial charge >= 0.3 is 0 Å². The fourth-order valence-electron chi connectivity index (χ4n) is 1.42. The number of benzene rings is 2. The van der Waals surface area contributed by atoms with Gasteiger partial charge in [-0.25, -0.2) is 4.39 Å². The van der Waals surface area contributed by atoms with Crippen molar-refractivity contribution in [1.29, 1.82) is 0 Å². The fourth-order valence-corrected chi connectivity index (χ4v) is 2.65. The molecule has 0 bridgehead atoms. The SMILES string of the molecule is CNc1ccc(Cl)cc1Sc1ccc(F)cc1. The average Bonchev–Trinajstić information content (AvgIpc) is 2.32. The number of rotatable bonds is 3. The van der Waals surface area contributed by atoms with Crippen molar-refractivity contribution in [3.8, 4) is 0 Å². The molecule has 2 rings (SSSR count). The maximum atomic E-state index is 12.8. The van der Waals surface area contributed by atoms with Crippen molar-refractivity contribution in [2.24, 2.45) is 0 Å². The molecule has 0 saturated carbocycles. The summed E-state index contributed by atoms with van der Waals surface area (Å²) >= 11 is 7.51. The van der Waals surface area contributed by atoms with E-state index in [2.05, 4.69) is 5.32 Å². The van der Waals surface area contributed by atoms with Crippen molar-refractivity contribution in [1.82, 2.24) is 0 Å². The van der Waals surface area contributed by atoms with Gasteiger partial charge in [0.15, 0.2) is 0 Å². The van der Waals surface area contributed by atoms with Crippen LogP contribution in [0.2, 0.25) is 5.02 Å². The van der Waals surface area contributed by atoms with Crippen molar-refractivity contribution in [2.75, 3.05) is 12.4 Å². The molecule has 0 aliphatic carbocycles. The standard InChI is InChI=1S/C13H11ClFNS/c1-16-12-7-2-9(14)8-13(12)17-11-5-3-10(15)4-6-11/h2-8,16H,1H3. The summed E-state index contributed by atoms with van der Waals surface area (Å²) in [6.07, 6.45) is 0. The zero-order valence-corrected chi connectivity index (χ0v) is 10.8. The lowest BCUT2D eigenvalue weighted by atomic mass is 10.3. The summed E-state index contributed by atoms with van der Waals surface area (Å²) < 4.78 is 12.8. The molecule has 0 amide bonds. The summed E-state index contributed by atoms with van der Waals surface area (Å²) in [6, 6.07) is 12.1. The normalized spacial score (nSPS) is 10.3. The largest absolute Gasteiger partial charge is 0.387 e. The van der Waals surface area contributed by atoms with Crippen LogP contribution in [-0.4, -0.2) is 7.05 Å². The minimum Gasteiger partial charge on any atom is -0.387 e. The first-order chi connectivity index (χ1) is 8.19. The quantitative estimate of drug-likeness (QED) is 0.867. The van der Waals surface area contributed by atoms with Crippen LogP contribution in [0.5, 0.6) is 0 Å². The Labute approximate surface area is 109 Å². The number of hydrogen-bond acceptors (Lipinski definition) is 2. The van der Waals surface area contributed by atoms with Gasteiger partial charge in [0.25, 0.3) is 0 Å². The molecular formula is C13H11ClFNS. The van der Waals surface area contributed by atoms with Crippen LogP contribution in [-0.2, 0) is 0 Å². The van der Waals surface area contributed by atoms with E-state index in [9.17, 15) is 4.39 Å². The smallest absolute Gasteiger partial charge is 0.123 e. The van der Waals surface area contributed by atoms with Gasteiger partial charge in [0.1, 0.15) is 5.82 Å². The Morgan fingerprint density at radius 2 is 1.82 bits per heavy atom. The molecule has 17 heavy (non-hydrogen) atoms. The van der Waals surface area contributed by atoms with Gasteiger partial charge in [-0.3, -0.25) is 0 Å². The third kappa shape index (κ3) is 3.14. The van der Waals surface area contributed by atoms with Crippen LogP contribution in [0.4, 0.5) is 10.1 Å². The molecule has 1 N–H and O–H groups in total. The van der Waals surface area contributed by atoms with Crippen molar-refractivity contribution in [3.05, 3.63) is 53.3 Å². The Hall–Kier alpha value is -1.19. The van der Waals surface area contributed by atoms with Crippen molar-refractivity contribution in [3.63, 3.8) is 0 Å². The Kier molecular flexibility index (Phi) is 3.92. The highest BCUT2D eigenvalue weighted by Crippen LogP contribution is 2.35. The molecule has 0 aromatic heterocycles. The minimum absolute atomic E-state index is 0.228. The Morgan fingerprint density at radius 1 is 1.12 bits per heavy atom. The van der Waals surface area contributed by atoms with Gasteiger partial charge in [-0.05, 0) is 42.5 Å². The second-order valence-electron chi connectivity index (χ2n) is 3.45. The monoisotopic (exact) mass is 267 g/mol. The molecule has 2 aromatic carbocycles. The molecule has 0 aliphatic heterocycles. The van der Waals surface area contributed by atoms with E-state index in [-0.39, 0.29) is 5.82 Å². The molecule has 2 aromatic rings. The number of nitrogens with one attached hydrogen (secondary N) is 1. The van der Waals surface area contributed by atoms with Gasteiger partial charge < -0.3 is 5.32 Å². The van der Waals surface area contributed by atoms with Gasteiger partial charge in [0.05, 0.1) is 0 Å². The minimum atomic E-state index is -0.228. The maximum Gasteiger partial charge on any atom is 0.123 e. The van der Waals surface area contributed by atoms with E-state index in [1.165, 1.54) is 12.1 Å². The fraction of sp³-hybridized carbons (Fsp3) is 0.0769. The van der Waals surface area contributed by atoms with Gasteiger partial charge in [0, 0.05) is 27.5 Å². The zero-order valence-electron chi connectivity index (χ0n) is 9.21. The predicted octanol–water partition coefficient (Wildman–Crippen LogP) is 4.67. The van der Waals surface area contributed by atoms with Crippen LogP contribution in [0.25, 0.3) is 0 Å². The van der Waals surface area contributed by atoms with Gasteiger partial charge in [-0.1, -0.05) is 23.4 Å². The lowest BCUT2D eigenvalue weighted by Gasteiger charge is -2.09. The van der Waals surface area contributed by atoms with Crippen molar-refractivity contribution in [2.45, 2.75) is 9.79 Å². The van der Waals surface area contributed by atoms with E-state index in [0.717, 1.165) is 15.5 Å². The number of halogens is 2. The summed E-state index contributed by atoms with van der Waals surface area (Å²) in [5, 5.41) is 3.79. The van der Waals surface area contributed by atoms with Crippen LogP contribution in [0.1, 0.15) is 0 Å². The molecular weight excluding hydrogens is 257 g/mol. The molecule has 0 aliphatic rings. The highest BCUT2D eigenvalue weighted by molar-refractivity contribution is 7.99. The summed E-state index contributed by atoms with van der Waals surface area (Å²) in [7, 11) is 1.86. The van der Waals surface area contributed by atoms with Crippen LogP contribution in [0, 0.1) is 5.82 Å². The first-order valence-corrected chi connectivity index (χ1v) is 6.29. The zero-order chi connectivity index (χ0) is 12.3. The van der Waals surface area contributed by atoms with E-state index in [1.807, 2.05) is 25.2 Å². The summed E-state index contributed by atoms with van der Waals surface area (Å²) in [5.41, 5.74) is 1.00. The first-order valence-electron chi connectivity index (χ1n) is 5.10. The number of hydrogen-bond donors (Lipinski definition) is 1. The second-order valence-corrected chi connectivity index (χ2v) is 5.00. The highest BCUT2D eigenvalue weighted by Gasteiger charge is 2.04. The first kappa shape index (κ1) is 12.3. The molecule has 0 saturated heterocycles. The lowest BCUT2D eigenvalue weighted by Crippen LogP contribution is -1.90. The predicted molar refractivity (Wildman–Crippen MR) is 71.5 cm³/mol. The number of anilines is 1. The molecule has 0 heterocycles. The van der Waals surface area contributed by atoms with Crippen LogP contribution < -0.4 is 5.32 Å². The van der Waals surface area contributed by atoms with Crippen molar-refractivity contribution < 1.29 is 4.39 Å². The molecule has 0 spiro atoms. The third-order valence-electron chi connectivity index (χ3n) is 2.25. The molecule has 0 radical (unpaired) electrons. The van der Waals surface area contributed by atoms with Crippen LogP contribution >= 0.6 is 23.4 Å². The second kappa shape index (κ2) is 5.43. The van der Waals surface area contributed by atoms with E-state index in [1.54, 1.807) is 23.9 Å². The van der Waals surface area contributed by atoms with E-state index in [4.69, 9.17) is 11.6 Å². The van der Waals surface area contributed by atoms with E-state index < -0.39 is 0 Å². The van der Waals surface area contributed by atoms with E-state index >= 15 is 0 Å². The van der Waals surface area contributed by atoms with Crippen LogP contribution in [0.15, 0.2) is 52.3 Å². The summed E-state index contributed by atoms with van der Waals surface area (Å²) in [6.45, 7) is 0. The lowest BCUT2D eigenvalue weighted by molar-refractivity contribution is 0.626. The van der Waals surface area contributed by atoms with Gasteiger partial charge in [-0.2, -0.15) is 0 Å². The van der Waals surface area contributed by atoms with E-state index in [0.29, 0.717) is 5.02 Å². The summed E-state index contributed by atoms with van der Waals surface area (Å²) in [4.78, 5) is 2.00. The van der Waals surface area contributed by atoms with Crippen LogP contribution in [0.3, 0.4) is 0 Å². The van der Waals surface area contributed by atoms with Gasteiger partial charge in [0.2, 0.25) is 0 Å². The Morgan fingerprint density at radius 3 is 2.47 bits per heavy atom. The Balaban J connectivity index is 2.28. The summed E-state index contributed by atoms with van der Waals surface area (Å²) in [5.74, 6) is -0.228. The molecule has 0 atom stereocenters. The molecule has 0 fully saturated rings. The van der Waals surface area contributed by atoms with Crippen molar-refractivity contribution >= 4 is 29.1 Å². The molecule has 0 unspecified atom stereocenters. The third-order valence-corrected chi connectivity index (χ3v) is 3.56. The average molecular weight is 268 g/mol. The molecule has 1 nitrogen and oxygen atoms in total. The Bertz CT molecular complexity index is 513. The molecule has 88 valence electrons. The topological polar surface area (TPSA) is 12.0 Å².